The zero-order valence-electron chi connectivity index (χ0n) is 43.2. The van der Waals surface area contributed by atoms with E-state index in [2.05, 4.69) is 117 Å². The van der Waals surface area contributed by atoms with E-state index in [-0.39, 0.29) is 47.6 Å². The maximum atomic E-state index is 6.67. The van der Waals surface area contributed by atoms with Crippen molar-refractivity contribution < 1.29 is 44.9 Å². The molecule has 0 aliphatic heterocycles. The van der Waals surface area contributed by atoms with Crippen LogP contribution in [0.25, 0.3) is 0 Å². The lowest BCUT2D eigenvalue weighted by Gasteiger charge is -2.47. The van der Waals surface area contributed by atoms with Gasteiger partial charge in [-0.25, -0.2) is 0 Å². The smallest absolute Gasteiger partial charge is 0.389 e. The fourth-order valence-electron chi connectivity index (χ4n) is 5.96. The van der Waals surface area contributed by atoms with Crippen molar-refractivity contribution in [2.24, 2.45) is 0 Å². The summed E-state index contributed by atoms with van der Waals surface area (Å²) in [5, 5.41) is 0. The van der Waals surface area contributed by atoms with E-state index in [1.807, 2.05) is 62.3 Å². The molecule has 0 spiro atoms. The lowest BCUT2D eigenvalue weighted by molar-refractivity contribution is -0.143. The Kier molecular flexibility index (Phi) is 26.8. The lowest BCUT2D eigenvalue weighted by atomic mass is 10.2. The van der Waals surface area contributed by atoms with Crippen LogP contribution in [0.3, 0.4) is 0 Å². The van der Waals surface area contributed by atoms with Crippen molar-refractivity contribution in [1.82, 2.24) is 0 Å². The monoisotopic (exact) mass is 901 g/mol. The van der Waals surface area contributed by atoms with Crippen LogP contribution in [0.5, 0.6) is 0 Å². The second-order valence-corrected chi connectivity index (χ2v) is 32.8. The third kappa shape index (κ3) is 30.5. The van der Waals surface area contributed by atoms with E-state index in [0.29, 0.717) is 5.67 Å². The van der Waals surface area contributed by atoms with Crippen LogP contribution in [0.2, 0.25) is 17.9 Å². The molecule has 0 saturated heterocycles. The second-order valence-electron chi connectivity index (χ2n) is 21.4. The van der Waals surface area contributed by atoms with Crippen LogP contribution in [0, 0.1) is 0 Å². The van der Waals surface area contributed by atoms with Crippen molar-refractivity contribution in [1.29, 1.82) is 0 Å². The van der Waals surface area contributed by atoms with Crippen LogP contribution in [0.4, 0.5) is 0 Å². The predicted molar refractivity (Wildman–Crippen MR) is 253 cm³/mol. The summed E-state index contributed by atoms with van der Waals surface area (Å²) >= 11 is 0. The number of rotatable bonds is 25. The quantitative estimate of drug-likeness (QED) is 0.0651. The molecule has 0 amide bonds. The van der Waals surface area contributed by atoms with E-state index in [0.717, 1.165) is 37.8 Å². The van der Waals surface area contributed by atoms with Gasteiger partial charge >= 0.3 is 26.2 Å². The fraction of sp³-hybridized carbons (Fsp3) is 1.00. The SMILES string of the molecule is CC(C)(C)O[Si](C)(C[Si](OC(C)(C)C)(OC(C)(C)C)OC(C)(C)C)OC(C)(C)C.CCC(C)OC(OC(C)CC)[SiH2]C[Si](OC(C)CC)(OC(C)CC)OC(C)CC. The molecule has 0 fully saturated rings. The van der Waals surface area contributed by atoms with Crippen LogP contribution in [0.15, 0.2) is 0 Å². The molecule has 0 rings (SSSR count). The maximum Gasteiger partial charge on any atom is 0.504 e. The van der Waals surface area contributed by atoms with E-state index < -0.39 is 52.5 Å². The third-order valence-electron chi connectivity index (χ3n) is 8.44. The first-order valence-electron chi connectivity index (χ1n) is 22.7. The van der Waals surface area contributed by atoms with Crippen LogP contribution in [-0.2, 0) is 44.9 Å². The van der Waals surface area contributed by atoms with Gasteiger partial charge in [0.05, 0.1) is 55.4 Å². The Morgan fingerprint density at radius 3 is 0.879 bits per heavy atom. The summed E-state index contributed by atoms with van der Waals surface area (Å²) in [6, 6.07) is 0. The molecule has 5 unspecified atom stereocenters. The van der Waals surface area contributed by atoms with Crippen molar-refractivity contribution in [3.8, 4) is 0 Å². The molecule has 0 saturated carbocycles. The highest BCUT2D eigenvalue weighted by Crippen LogP contribution is 2.38. The van der Waals surface area contributed by atoms with E-state index >= 15 is 0 Å². The summed E-state index contributed by atoms with van der Waals surface area (Å²) in [5.41, 5.74) is -0.635. The van der Waals surface area contributed by atoms with Crippen molar-refractivity contribution in [3.05, 3.63) is 0 Å². The zero-order valence-corrected chi connectivity index (χ0v) is 47.6. The van der Waals surface area contributed by atoms with Gasteiger partial charge in [-0.3, -0.25) is 0 Å². The van der Waals surface area contributed by atoms with Gasteiger partial charge in [-0.05, 0) is 177 Å². The molecule has 58 heavy (non-hydrogen) atoms. The molecule has 5 atom stereocenters. The number of hydrogen-bond donors (Lipinski definition) is 0. The fourth-order valence-corrected chi connectivity index (χ4v) is 23.3. The summed E-state index contributed by atoms with van der Waals surface area (Å²) in [4.78, 5) is 0. The van der Waals surface area contributed by atoms with E-state index in [1.54, 1.807) is 0 Å². The highest BCUT2D eigenvalue weighted by atomic mass is 28.4. The zero-order chi connectivity index (χ0) is 46.2. The number of hydrogen-bond acceptors (Lipinski definition) is 10. The Balaban J connectivity index is 0. The largest absolute Gasteiger partial charge is 0.504 e. The molecule has 14 heteroatoms. The van der Waals surface area contributed by atoms with Gasteiger partial charge in [0.2, 0.25) is 0 Å². The summed E-state index contributed by atoms with van der Waals surface area (Å²) in [6.07, 6.45) is 5.53. The average Bonchev–Trinajstić information content (AvgIpc) is 2.98. The first kappa shape index (κ1) is 60.6. The van der Waals surface area contributed by atoms with Gasteiger partial charge in [-0.15, -0.1) is 0 Å². The Morgan fingerprint density at radius 2 is 0.655 bits per heavy atom. The molecule has 0 aliphatic rings. The summed E-state index contributed by atoms with van der Waals surface area (Å²) in [5.74, 6) is -0.131. The van der Waals surface area contributed by atoms with Crippen molar-refractivity contribution in [2.45, 2.75) is 288 Å². The molecular formula is C44H100O10Si4. The van der Waals surface area contributed by atoms with Crippen LogP contribution >= 0.6 is 0 Å². The molecule has 0 aromatic carbocycles. The Morgan fingerprint density at radius 1 is 0.397 bits per heavy atom. The Bertz CT molecular complexity index is 979. The average molecular weight is 902 g/mol. The molecular weight excluding hydrogens is 801 g/mol. The molecule has 0 bridgehead atoms. The molecule has 10 nitrogen and oxygen atoms in total. The maximum absolute atomic E-state index is 6.67. The normalized spacial score (nSPS) is 18.3. The molecule has 0 N–H and O–H groups in total. The minimum atomic E-state index is -3.23. The van der Waals surface area contributed by atoms with E-state index in [1.165, 1.54) is 0 Å². The van der Waals surface area contributed by atoms with Gasteiger partial charge in [-0.2, -0.15) is 0 Å². The van der Waals surface area contributed by atoms with Gasteiger partial charge in [0.15, 0.2) is 0 Å². The first-order chi connectivity index (χ1) is 25.9. The molecule has 352 valence electrons. The molecule has 0 heterocycles. The van der Waals surface area contributed by atoms with Crippen molar-refractivity contribution in [2.75, 3.05) is 0 Å². The van der Waals surface area contributed by atoms with Crippen LogP contribution in [0.1, 0.15) is 205 Å². The molecule has 0 aromatic rings. The lowest BCUT2D eigenvalue weighted by Crippen LogP contribution is -2.63. The van der Waals surface area contributed by atoms with Crippen molar-refractivity contribution >= 4 is 35.7 Å². The van der Waals surface area contributed by atoms with E-state index in [4.69, 9.17) is 44.9 Å². The third-order valence-corrected chi connectivity index (χ3v) is 24.3. The topological polar surface area (TPSA) is 92.3 Å². The standard InChI is InChI=1S/2C22H50O5Si2/c1-18(2,3)23-28(16,24-19(4,5)6)17-29(25-20(7,8)9,26-21(10,11)12)27-22(13,14)15;1-11-17(6)23-22(24-18(7)12-2)28-16-29(25-19(8)13-3,26-20(9)14-4)27-21(10)15-5/h17H2,1-16H3;17-22H,11-16,28H2,1-10H3. The van der Waals surface area contributed by atoms with Crippen LogP contribution in [-0.4, -0.2) is 100 Å². The van der Waals surface area contributed by atoms with Gasteiger partial charge in [0.25, 0.3) is 0 Å². The van der Waals surface area contributed by atoms with Gasteiger partial charge < -0.3 is 44.9 Å². The molecule has 0 radical (unpaired) electrons. The van der Waals surface area contributed by atoms with Crippen LogP contribution < -0.4 is 0 Å². The predicted octanol–water partition coefficient (Wildman–Crippen LogP) is 12.0. The Labute approximate surface area is 366 Å². The minimum Gasteiger partial charge on any atom is -0.389 e. The highest BCUT2D eigenvalue weighted by Gasteiger charge is 2.58. The summed E-state index contributed by atoms with van der Waals surface area (Å²) in [6.45, 7) is 54.2. The van der Waals surface area contributed by atoms with Gasteiger partial charge in [0.1, 0.15) is 5.91 Å². The Hall–Kier alpha value is 0.468. The minimum absolute atomic E-state index is 0.119. The molecule has 0 aliphatic carbocycles. The number of ether oxygens (including phenoxy) is 2. The van der Waals surface area contributed by atoms with E-state index in [9.17, 15) is 0 Å². The molecule has 0 aromatic heterocycles. The second kappa shape index (κ2) is 25.7. The first-order valence-corrected chi connectivity index (χ1v) is 30.9. The summed E-state index contributed by atoms with van der Waals surface area (Å²) in [7, 11) is -9.62. The summed E-state index contributed by atoms with van der Waals surface area (Å²) < 4.78 is 65.4. The van der Waals surface area contributed by atoms with Crippen molar-refractivity contribution in [3.63, 3.8) is 0 Å². The van der Waals surface area contributed by atoms with Gasteiger partial charge in [-0.1, -0.05) is 34.6 Å². The van der Waals surface area contributed by atoms with Gasteiger partial charge in [0, 0.05) is 24.0 Å². The highest BCUT2D eigenvalue weighted by molar-refractivity contribution is 6.83.